The lowest BCUT2D eigenvalue weighted by Gasteiger charge is -2.29. The van der Waals surface area contributed by atoms with Crippen LogP contribution in [0.1, 0.15) is 51.0 Å². The van der Waals surface area contributed by atoms with Crippen LogP contribution in [0.25, 0.3) is 11.2 Å². The number of fused-ring (bicyclic) bond motifs is 1. The van der Waals surface area contributed by atoms with Crippen LogP contribution in [0.4, 0.5) is 26.4 Å². The summed E-state index contributed by atoms with van der Waals surface area (Å²) < 4.78 is 30.5. The number of halogens is 3. The highest BCUT2D eigenvalue weighted by molar-refractivity contribution is 6.30. The Morgan fingerprint density at radius 1 is 1.11 bits per heavy atom. The maximum absolute atomic E-state index is 14.6. The molecule has 2 aliphatic rings. The third-order valence-corrected chi connectivity index (χ3v) is 7.26. The van der Waals surface area contributed by atoms with Crippen LogP contribution in [0.15, 0.2) is 18.3 Å². The topological polar surface area (TPSA) is 131 Å². The van der Waals surface area contributed by atoms with Crippen LogP contribution in [0, 0.1) is 17.6 Å². The first-order chi connectivity index (χ1) is 16.8. The third kappa shape index (κ3) is 4.62. The normalized spacial score (nSPS) is 24.6. The molecule has 1 amide bonds. The molecule has 0 bridgehead atoms. The van der Waals surface area contributed by atoms with Gasteiger partial charge in [0.2, 0.25) is 17.8 Å². The lowest BCUT2D eigenvalue weighted by molar-refractivity contribution is -0.122. The SMILES string of the molecule is NC(=O)C1CCC(n2c(Nc3ccc(Cl)c(F)c3F)nc3cnc(NC4CCC[C@H]4O)nc32)CC1. The Bertz CT molecular complexity index is 1260. The number of aliphatic hydroxyl groups excluding tert-OH is 1. The average Bonchev–Trinajstić information content (AvgIpc) is 3.41. The van der Waals surface area contributed by atoms with E-state index in [0.717, 1.165) is 19.3 Å². The van der Waals surface area contributed by atoms with Crippen molar-refractivity contribution in [3.05, 3.63) is 35.0 Å². The van der Waals surface area contributed by atoms with E-state index in [-0.39, 0.29) is 40.6 Å². The number of rotatable bonds is 6. The van der Waals surface area contributed by atoms with E-state index in [1.54, 1.807) is 6.20 Å². The molecule has 0 radical (unpaired) electrons. The molecule has 0 aliphatic heterocycles. The first-order valence-electron chi connectivity index (χ1n) is 11.7. The lowest BCUT2D eigenvalue weighted by atomic mass is 9.85. The van der Waals surface area contributed by atoms with Crippen molar-refractivity contribution < 1.29 is 18.7 Å². The van der Waals surface area contributed by atoms with Crippen molar-refractivity contribution in [3.8, 4) is 0 Å². The van der Waals surface area contributed by atoms with Gasteiger partial charge < -0.3 is 21.5 Å². The number of amides is 1. The third-order valence-electron chi connectivity index (χ3n) is 6.97. The molecule has 1 aromatic carbocycles. The summed E-state index contributed by atoms with van der Waals surface area (Å²) in [5.41, 5.74) is 6.36. The molecule has 2 fully saturated rings. The van der Waals surface area contributed by atoms with E-state index >= 15 is 0 Å². The van der Waals surface area contributed by atoms with Crippen LogP contribution in [0.5, 0.6) is 0 Å². The van der Waals surface area contributed by atoms with E-state index in [1.165, 1.54) is 12.1 Å². The zero-order chi connectivity index (χ0) is 24.7. The second-order valence-electron chi connectivity index (χ2n) is 9.21. The fourth-order valence-corrected chi connectivity index (χ4v) is 5.18. The highest BCUT2D eigenvalue weighted by Crippen LogP contribution is 2.37. The van der Waals surface area contributed by atoms with Gasteiger partial charge in [0.15, 0.2) is 17.3 Å². The van der Waals surface area contributed by atoms with Gasteiger partial charge in [0, 0.05) is 12.0 Å². The van der Waals surface area contributed by atoms with Crippen molar-refractivity contribution >= 4 is 46.3 Å². The summed E-state index contributed by atoms with van der Waals surface area (Å²) in [7, 11) is 0. The van der Waals surface area contributed by atoms with E-state index in [0.29, 0.717) is 42.8 Å². The Balaban J connectivity index is 1.53. The smallest absolute Gasteiger partial charge is 0.225 e. The summed E-state index contributed by atoms with van der Waals surface area (Å²) >= 11 is 5.70. The number of nitrogens with zero attached hydrogens (tertiary/aromatic N) is 4. The fourth-order valence-electron chi connectivity index (χ4n) is 5.03. The molecule has 0 saturated heterocycles. The molecule has 2 aromatic heterocycles. The molecule has 5 N–H and O–H groups in total. The number of imidazole rings is 1. The highest BCUT2D eigenvalue weighted by Gasteiger charge is 2.30. The number of aliphatic hydroxyl groups is 1. The van der Waals surface area contributed by atoms with Crippen molar-refractivity contribution in [1.29, 1.82) is 0 Å². The molecule has 9 nitrogen and oxygen atoms in total. The van der Waals surface area contributed by atoms with Gasteiger partial charge in [-0.3, -0.25) is 9.36 Å². The van der Waals surface area contributed by atoms with E-state index in [1.807, 2.05) is 4.57 Å². The van der Waals surface area contributed by atoms with Crippen molar-refractivity contribution in [3.63, 3.8) is 0 Å². The molecule has 5 rings (SSSR count). The predicted octanol–water partition coefficient (Wildman–Crippen LogP) is 4.04. The number of hydrogen-bond donors (Lipinski definition) is 4. The highest BCUT2D eigenvalue weighted by atomic mass is 35.5. The number of carbonyl (C=O) groups is 1. The second kappa shape index (κ2) is 9.54. The minimum absolute atomic E-state index is 0.0990. The van der Waals surface area contributed by atoms with E-state index in [2.05, 4.69) is 25.6 Å². The number of hydrogen-bond acceptors (Lipinski definition) is 7. The van der Waals surface area contributed by atoms with Crippen LogP contribution in [-0.2, 0) is 4.79 Å². The minimum atomic E-state index is -1.15. The van der Waals surface area contributed by atoms with Gasteiger partial charge in [0.05, 0.1) is 29.1 Å². The van der Waals surface area contributed by atoms with E-state index in [4.69, 9.17) is 17.3 Å². The van der Waals surface area contributed by atoms with Crippen molar-refractivity contribution in [2.45, 2.75) is 63.1 Å². The van der Waals surface area contributed by atoms with Gasteiger partial charge >= 0.3 is 0 Å². The molecule has 186 valence electrons. The lowest BCUT2D eigenvalue weighted by Crippen LogP contribution is -2.29. The average molecular weight is 506 g/mol. The maximum atomic E-state index is 14.6. The van der Waals surface area contributed by atoms with Gasteiger partial charge in [-0.25, -0.2) is 18.7 Å². The van der Waals surface area contributed by atoms with Crippen LogP contribution < -0.4 is 16.4 Å². The minimum Gasteiger partial charge on any atom is -0.391 e. The molecular weight excluding hydrogens is 480 g/mol. The van der Waals surface area contributed by atoms with E-state index < -0.39 is 17.7 Å². The first-order valence-corrected chi connectivity index (χ1v) is 12.1. The molecule has 2 heterocycles. The number of aromatic nitrogens is 4. The fraction of sp³-hybridized carbons (Fsp3) is 0.478. The quantitative estimate of drug-likeness (QED) is 0.372. The number of nitrogens with one attached hydrogen (secondary N) is 2. The number of nitrogens with two attached hydrogens (primary N) is 1. The molecular formula is C23H26ClF2N7O2. The molecule has 2 saturated carbocycles. The van der Waals surface area contributed by atoms with Crippen molar-refractivity contribution in [1.82, 2.24) is 19.5 Å². The molecule has 12 heteroatoms. The van der Waals surface area contributed by atoms with Gasteiger partial charge in [0.25, 0.3) is 0 Å². The Hall–Kier alpha value is -3.05. The van der Waals surface area contributed by atoms with E-state index in [9.17, 15) is 18.7 Å². The zero-order valence-electron chi connectivity index (χ0n) is 18.8. The summed E-state index contributed by atoms with van der Waals surface area (Å²) in [6, 6.07) is 2.37. The Morgan fingerprint density at radius 2 is 1.89 bits per heavy atom. The molecule has 1 unspecified atom stereocenters. The molecule has 3 aromatic rings. The molecule has 2 aliphatic carbocycles. The molecule has 2 atom stereocenters. The van der Waals surface area contributed by atoms with Crippen LogP contribution >= 0.6 is 11.6 Å². The van der Waals surface area contributed by atoms with Gasteiger partial charge in [-0.2, -0.15) is 4.98 Å². The first kappa shape index (κ1) is 23.7. The van der Waals surface area contributed by atoms with Crippen LogP contribution in [0.2, 0.25) is 5.02 Å². The summed E-state index contributed by atoms with van der Waals surface area (Å²) in [5, 5.41) is 15.9. The Labute approximate surface area is 205 Å². The summed E-state index contributed by atoms with van der Waals surface area (Å²) in [6.45, 7) is 0. The van der Waals surface area contributed by atoms with Gasteiger partial charge in [-0.15, -0.1) is 0 Å². The largest absolute Gasteiger partial charge is 0.391 e. The Kier molecular flexibility index (Phi) is 6.45. The van der Waals surface area contributed by atoms with Crippen molar-refractivity contribution in [2.24, 2.45) is 11.7 Å². The predicted molar refractivity (Wildman–Crippen MR) is 127 cm³/mol. The van der Waals surface area contributed by atoms with Crippen LogP contribution in [-0.4, -0.2) is 42.7 Å². The zero-order valence-corrected chi connectivity index (χ0v) is 19.6. The summed E-state index contributed by atoms with van der Waals surface area (Å²) in [4.78, 5) is 25.2. The second-order valence-corrected chi connectivity index (χ2v) is 9.62. The monoisotopic (exact) mass is 505 g/mol. The summed E-state index contributed by atoms with van der Waals surface area (Å²) in [6.07, 6.45) is 6.02. The van der Waals surface area contributed by atoms with Gasteiger partial charge in [-0.1, -0.05) is 11.6 Å². The van der Waals surface area contributed by atoms with Gasteiger partial charge in [0.1, 0.15) is 5.52 Å². The maximum Gasteiger partial charge on any atom is 0.225 e. The Morgan fingerprint density at radius 3 is 2.57 bits per heavy atom. The van der Waals surface area contributed by atoms with Gasteiger partial charge in [-0.05, 0) is 57.1 Å². The number of benzene rings is 1. The van der Waals surface area contributed by atoms with Crippen molar-refractivity contribution in [2.75, 3.05) is 10.6 Å². The molecule has 0 spiro atoms. The number of primary amides is 1. The molecule has 35 heavy (non-hydrogen) atoms. The summed E-state index contributed by atoms with van der Waals surface area (Å²) in [5.74, 6) is -2.16. The van der Waals surface area contributed by atoms with Crippen LogP contribution in [0.3, 0.4) is 0 Å². The number of carbonyl (C=O) groups excluding carboxylic acids is 1. The number of anilines is 3. The standard InChI is InChI=1S/C23H26ClF2N7O2/c24-13-8-9-15(19(26)18(13)25)30-23-31-16-10-28-22(29-14-2-1-3-17(14)34)32-21(16)33(23)12-6-4-11(5-7-12)20(27)35/h8-12,14,17,34H,1-7H2,(H2,27,35)(H,30,31)(H,28,29,32)/t11?,12?,14?,17-/m1/s1.